The van der Waals surface area contributed by atoms with Gasteiger partial charge in [0.25, 0.3) is 0 Å². The highest BCUT2D eigenvalue weighted by Gasteiger charge is 2.35. The molecule has 0 unspecified atom stereocenters. The van der Waals surface area contributed by atoms with Gasteiger partial charge in [-0.2, -0.15) is 5.26 Å². The fraction of sp³-hybridized carbons (Fsp3) is 0.750. The molecule has 1 N–H and O–H groups in total. The summed E-state index contributed by atoms with van der Waals surface area (Å²) in [5.41, 5.74) is -0.914. The lowest BCUT2D eigenvalue weighted by Crippen LogP contribution is -2.54. The zero-order chi connectivity index (χ0) is 13.8. The molecule has 18 heavy (non-hydrogen) atoms. The number of nitrogens with one attached hydrogen (secondary N) is 1. The number of hydrogen-bond donors (Lipinski definition) is 1. The first-order valence-electron chi connectivity index (χ1n) is 5.89. The summed E-state index contributed by atoms with van der Waals surface area (Å²) in [7, 11) is 1.94. The fourth-order valence-electron chi connectivity index (χ4n) is 1.82. The number of carbonyl (C=O) groups excluding carboxylic acids is 1. The van der Waals surface area contributed by atoms with E-state index in [4.69, 9.17) is 5.26 Å². The predicted octanol–water partition coefficient (Wildman–Crippen LogP) is 1.34. The number of likely N-dealkylation sites (tertiary alicyclic amines) is 1. The van der Waals surface area contributed by atoms with Crippen molar-refractivity contribution in [2.75, 3.05) is 20.1 Å². The van der Waals surface area contributed by atoms with Crippen LogP contribution >= 0.6 is 0 Å². The van der Waals surface area contributed by atoms with Crippen molar-refractivity contribution in [1.82, 2.24) is 10.2 Å². The second kappa shape index (κ2) is 5.61. The van der Waals surface area contributed by atoms with Gasteiger partial charge >= 0.3 is 0 Å². The highest BCUT2D eigenvalue weighted by Crippen LogP contribution is 2.22. The normalized spacial score (nSPS) is 20.2. The third-order valence-electron chi connectivity index (χ3n) is 3.06. The Labute approximate surface area is 106 Å². The molecule has 6 heteroatoms. The van der Waals surface area contributed by atoms with E-state index in [-0.39, 0.29) is 0 Å². The Morgan fingerprint density at radius 2 is 2.11 bits per heavy atom. The van der Waals surface area contributed by atoms with Crippen LogP contribution in [0.3, 0.4) is 0 Å². The molecule has 0 bridgehead atoms. The Morgan fingerprint density at radius 3 is 2.56 bits per heavy atom. The summed E-state index contributed by atoms with van der Waals surface area (Å²) in [4.78, 5) is 13.6. The van der Waals surface area contributed by atoms with Gasteiger partial charge in [0.15, 0.2) is 0 Å². The quantitative estimate of drug-likeness (QED) is 0.828. The molecule has 0 spiro atoms. The minimum atomic E-state index is -2.90. The SMILES string of the molecule is CN1CCC(C#N)(NC(=O)[CH]CC(C)(F)F)CC1. The largest absolute Gasteiger partial charge is 0.337 e. The number of nitrogens with zero attached hydrogens (tertiary/aromatic N) is 2. The smallest absolute Gasteiger partial charge is 0.246 e. The third-order valence-corrected chi connectivity index (χ3v) is 3.06. The molecule has 4 nitrogen and oxygen atoms in total. The van der Waals surface area contributed by atoms with Crippen molar-refractivity contribution in [2.45, 2.75) is 37.6 Å². The first-order valence-corrected chi connectivity index (χ1v) is 5.89. The van der Waals surface area contributed by atoms with Gasteiger partial charge in [-0.25, -0.2) is 8.78 Å². The first-order chi connectivity index (χ1) is 8.26. The number of nitriles is 1. The summed E-state index contributed by atoms with van der Waals surface area (Å²) >= 11 is 0. The summed E-state index contributed by atoms with van der Waals surface area (Å²) in [6.45, 7) is 2.17. The summed E-state index contributed by atoms with van der Waals surface area (Å²) in [6.07, 6.45) is 1.34. The van der Waals surface area contributed by atoms with E-state index in [9.17, 15) is 13.6 Å². The standard InChI is InChI=1S/C12H18F2N3O/c1-11(13,14)4-3-10(18)16-12(9-15)5-7-17(2)8-6-12/h3H,4-8H2,1-2H3,(H,16,18). The van der Waals surface area contributed by atoms with Crippen LogP contribution in [0, 0.1) is 17.8 Å². The zero-order valence-electron chi connectivity index (χ0n) is 10.7. The van der Waals surface area contributed by atoms with Crippen molar-refractivity contribution in [2.24, 2.45) is 0 Å². The Kier molecular flexibility index (Phi) is 4.63. The predicted molar refractivity (Wildman–Crippen MR) is 62.8 cm³/mol. The topological polar surface area (TPSA) is 56.1 Å². The van der Waals surface area contributed by atoms with Crippen LogP contribution in [0.1, 0.15) is 26.2 Å². The van der Waals surface area contributed by atoms with Crippen molar-refractivity contribution in [3.63, 3.8) is 0 Å². The van der Waals surface area contributed by atoms with Gasteiger partial charge in [0.2, 0.25) is 11.8 Å². The monoisotopic (exact) mass is 258 g/mol. The van der Waals surface area contributed by atoms with Crippen LogP contribution in [0.15, 0.2) is 0 Å². The molecule has 0 aromatic carbocycles. The van der Waals surface area contributed by atoms with Crippen LogP contribution in [0.5, 0.6) is 0 Å². The molecule has 0 atom stereocenters. The molecular weight excluding hydrogens is 240 g/mol. The maximum atomic E-state index is 12.6. The molecule has 1 amide bonds. The van der Waals surface area contributed by atoms with Crippen molar-refractivity contribution in [1.29, 1.82) is 5.26 Å². The summed E-state index contributed by atoms with van der Waals surface area (Å²) in [5, 5.41) is 11.7. The van der Waals surface area contributed by atoms with Gasteiger partial charge in [-0.3, -0.25) is 4.79 Å². The lowest BCUT2D eigenvalue weighted by atomic mass is 9.89. The lowest BCUT2D eigenvalue weighted by molar-refractivity contribution is -0.120. The molecule has 1 fully saturated rings. The van der Waals surface area contributed by atoms with E-state index in [1.165, 1.54) is 0 Å². The Morgan fingerprint density at radius 1 is 1.56 bits per heavy atom. The van der Waals surface area contributed by atoms with Crippen molar-refractivity contribution in [3.05, 3.63) is 6.42 Å². The van der Waals surface area contributed by atoms with Crippen LogP contribution < -0.4 is 5.32 Å². The lowest BCUT2D eigenvalue weighted by Gasteiger charge is -2.36. The molecule has 1 radical (unpaired) electrons. The molecule has 0 aliphatic carbocycles. The Balaban J connectivity index is 2.49. The molecule has 1 aliphatic rings. The van der Waals surface area contributed by atoms with E-state index < -0.39 is 23.8 Å². The number of carbonyl (C=O) groups is 1. The van der Waals surface area contributed by atoms with Gasteiger partial charge in [0.05, 0.1) is 12.5 Å². The van der Waals surface area contributed by atoms with E-state index in [2.05, 4.69) is 16.3 Å². The molecule has 1 heterocycles. The molecule has 1 rings (SSSR count). The van der Waals surface area contributed by atoms with Crippen LogP contribution in [-0.2, 0) is 4.79 Å². The third kappa shape index (κ3) is 4.57. The fourth-order valence-corrected chi connectivity index (χ4v) is 1.82. The van der Waals surface area contributed by atoms with E-state index in [0.29, 0.717) is 25.9 Å². The highest BCUT2D eigenvalue weighted by atomic mass is 19.3. The highest BCUT2D eigenvalue weighted by molar-refractivity contribution is 5.85. The average molecular weight is 258 g/mol. The maximum absolute atomic E-state index is 12.6. The molecule has 0 saturated carbocycles. The minimum Gasteiger partial charge on any atom is -0.337 e. The summed E-state index contributed by atoms with van der Waals surface area (Å²) in [6, 6.07) is 2.10. The van der Waals surface area contributed by atoms with Gasteiger partial charge in [0, 0.05) is 19.5 Å². The van der Waals surface area contributed by atoms with Crippen molar-refractivity contribution < 1.29 is 13.6 Å². The van der Waals surface area contributed by atoms with E-state index >= 15 is 0 Å². The van der Waals surface area contributed by atoms with Crippen LogP contribution in [-0.4, -0.2) is 42.4 Å². The van der Waals surface area contributed by atoms with Gasteiger partial charge in [-0.15, -0.1) is 0 Å². The number of piperidine rings is 1. The number of halogens is 2. The van der Waals surface area contributed by atoms with Crippen LogP contribution in [0.2, 0.25) is 0 Å². The number of rotatable bonds is 4. The van der Waals surface area contributed by atoms with Gasteiger partial charge < -0.3 is 10.2 Å². The van der Waals surface area contributed by atoms with Gasteiger partial charge in [-0.05, 0) is 26.8 Å². The van der Waals surface area contributed by atoms with E-state index in [0.717, 1.165) is 13.3 Å². The van der Waals surface area contributed by atoms with Crippen LogP contribution in [0.4, 0.5) is 8.78 Å². The Hall–Kier alpha value is -1.22. The van der Waals surface area contributed by atoms with Crippen molar-refractivity contribution in [3.8, 4) is 6.07 Å². The average Bonchev–Trinajstić information content (AvgIpc) is 2.29. The molecule has 0 aromatic rings. The van der Waals surface area contributed by atoms with Crippen LogP contribution in [0.25, 0.3) is 0 Å². The zero-order valence-corrected chi connectivity index (χ0v) is 10.7. The number of amides is 1. The number of hydrogen-bond acceptors (Lipinski definition) is 3. The molecular formula is C12H18F2N3O. The second-order valence-corrected chi connectivity index (χ2v) is 4.96. The maximum Gasteiger partial charge on any atom is 0.246 e. The first kappa shape index (κ1) is 14.8. The van der Waals surface area contributed by atoms with Gasteiger partial charge in [-0.1, -0.05) is 0 Å². The molecule has 1 aliphatic heterocycles. The Bertz CT molecular complexity index is 338. The minimum absolute atomic E-state index is 0.516. The molecule has 101 valence electrons. The van der Waals surface area contributed by atoms with Crippen molar-refractivity contribution >= 4 is 5.91 Å². The summed E-state index contributed by atoms with van der Waals surface area (Å²) < 4.78 is 25.2. The molecule has 1 saturated heterocycles. The van der Waals surface area contributed by atoms with E-state index in [1.807, 2.05) is 7.05 Å². The molecule has 0 aromatic heterocycles. The second-order valence-electron chi connectivity index (χ2n) is 4.96. The number of alkyl halides is 2. The summed E-state index contributed by atoms with van der Waals surface area (Å²) in [5.74, 6) is -3.49. The van der Waals surface area contributed by atoms with E-state index in [1.54, 1.807) is 0 Å². The van der Waals surface area contributed by atoms with Gasteiger partial charge in [0.1, 0.15) is 5.54 Å².